The molecule has 1 fully saturated rings. The molecule has 1 N–H and O–H groups in total. The molecule has 1 aromatic rings. The fourth-order valence-electron chi connectivity index (χ4n) is 1.74. The number of hydrogen-bond donors (Lipinski definition) is 1. The Kier molecular flexibility index (Phi) is 2.60. The zero-order valence-electron chi connectivity index (χ0n) is 7.49. The molecule has 0 bridgehead atoms. The summed E-state index contributed by atoms with van der Waals surface area (Å²) in [5, 5.41) is 3.36. The van der Waals surface area contributed by atoms with Crippen molar-refractivity contribution in [2.45, 2.75) is 25.3 Å². The second kappa shape index (κ2) is 3.88. The van der Waals surface area contributed by atoms with E-state index in [0.29, 0.717) is 6.04 Å². The van der Waals surface area contributed by atoms with Gasteiger partial charge >= 0.3 is 0 Å². The van der Waals surface area contributed by atoms with Gasteiger partial charge in [-0.05, 0) is 24.8 Å². The lowest BCUT2D eigenvalue weighted by molar-refractivity contribution is 0.533. The summed E-state index contributed by atoms with van der Waals surface area (Å²) in [5.41, 5.74) is 1.35. The Balaban J connectivity index is 2.13. The van der Waals surface area contributed by atoms with Gasteiger partial charge < -0.3 is 5.32 Å². The molecule has 0 radical (unpaired) electrons. The Morgan fingerprint density at radius 2 is 2.00 bits per heavy atom. The average molecular weight is 191 g/mol. The van der Waals surface area contributed by atoms with Gasteiger partial charge in [0.05, 0.1) is 11.0 Å². The summed E-state index contributed by atoms with van der Waals surface area (Å²) in [5.74, 6) is 0. The minimum absolute atomic E-state index is 0.447. The van der Waals surface area contributed by atoms with Crippen LogP contribution in [0.4, 0.5) is 0 Å². The first-order chi connectivity index (χ1) is 6.36. The predicted octanol–water partition coefficient (Wildman–Crippen LogP) is 2.83. The molecule has 0 aromatic heterocycles. The lowest BCUT2D eigenvalue weighted by Gasteiger charge is -2.25. The molecule has 0 amide bonds. The fraction of sp³-hybridized carbons (Fsp3) is 0.364. The molecule has 2 heteroatoms. The lowest BCUT2D eigenvalue weighted by Crippen LogP contribution is -2.30. The zero-order chi connectivity index (χ0) is 9.10. The van der Waals surface area contributed by atoms with Crippen molar-refractivity contribution in [3.8, 4) is 0 Å². The van der Waals surface area contributed by atoms with Crippen molar-refractivity contribution in [2.75, 3.05) is 0 Å². The number of thiocarbonyl (C=S) groups is 1. The van der Waals surface area contributed by atoms with Crippen molar-refractivity contribution < 1.29 is 0 Å². The number of benzene rings is 1. The molecule has 13 heavy (non-hydrogen) atoms. The fourth-order valence-corrected chi connectivity index (χ4v) is 2.03. The van der Waals surface area contributed by atoms with Gasteiger partial charge in [0.2, 0.25) is 0 Å². The maximum Gasteiger partial charge on any atom is 0.0758 e. The van der Waals surface area contributed by atoms with Crippen LogP contribution in [0.1, 0.15) is 30.9 Å². The van der Waals surface area contributed by atoms with E-state index >= 15 is 0 Å². The molecule has 0 aliphatic carbocycles. The van der Waals surface area contributed by atoms with Gasteiger partial charge in [0.25, 0.3) is 0 Å². The molecule has 1 unspecified atom stereocenters. The smallest absolute Gasteiger partial charge is 0.0758 e. The largest absolute Gasteiger partial charge is 0.373 e. The number of piperidine rings is 1. The van der Waals surface area contributed by atoms with Crippen LogP contribution in [0, 0.1) is 0 Å². The number of hydrogen-bond acceptors (Lipinski definition) is 1. The lowest BCUT2D eigenvalue weighted by atomic mass is 9.98. The molecule has 1 aromatic carbocycles. The molecular formula is C11H13NS. The third-order valence-corrected chi connectivity index (χ3v) is 2.76. The summed E-state index contributed by atoms with van der Waals surface area (Å²) >= 11 is 5.17. The molecule has 0 spiro atoms. The maximum absolute atomic E-state index is 5.17. The Hall–Kier alpha value is -0.890. The Morgan fingerprint density at radius 1 is 1.23 bits per heavy atom. The first-order valence-corrected chi connectivity index (χ1v) is 5.11. The van der Waals surface area contributed by atoms with Crippen molar-refractivity contribution in [3.63, 3.8) is 0 Å². The second-order valence-electron chi connectivity index (χ2n) is 3.42. The van der Waals surface area contributed by atoms with Crippen LogP contribution in [-0.4, -0.2) is 4.99 Å². The Morgan fingerprint density at radius 3 is 2.69 bits per heavy atom. The summed E-state index contributed by atoms with van der Waals surface area (Å²) in [7, 11) is 0. The quantitative estimate of drug-likeness (QED) is 0.685. The molecule has 68 valence electrons. The van der Waals surface area contributed by atoms with Crippen molar-refractivity contribution in [1.82, 2.24) is 5.32 Å². The van der Waals surface area contributed by atoms with Crippen molar-refractivity contribution in [2.24, 2.45) is 0 Å². The molecule has 2 rings (SSSR count). The van der Waals surface area contributed by atoms with E-state index in [-0.39, 0.29) is 0 Å². The van der Waals surface area contributed by atoms with Crippen LogP contribution in [0.25, 0.3) is 0 Å². The molecule has 1 nitrogen and oxygen atoms in total. The van der Waals surface area contributed by atoms with Crippen LogP contribution >= 0.6 is 12.2 Å². The van der Waals surface area contributed by atoms with E-state index in [1.165, 1.54) is 18.4 Å². The molecular weight excluding hydrogens is 178 g/mol. The highest BCUT2D eigenvalue weighted by molar-refractivity contribution is 7.80. The minimum Gasteiger partial charge on any atom is -0.373 e. The summed E-state index contributed by atoms with van der Waals surface area (Å²) in [6, 6.07) is 11.0. The average Bonchev–Trinajstić information content (AvgIpc) is 2.19. The van der Waals surface area contributed by atoms with Crippen LogP contribution in [0.5, 0.6) is 0 Å². The van der Waals surface area contributed by atoms with E-state index in [1.807, 2.05) is 6.07 Å². The van der Waals surface area contributed by atoms with E-state index in [2.05, 4.69) is 29.6 Å². The van der Waals surface area contributed by atoms with E-state index in [0.717, 1.165) is 11.4 Å². The molecule has 1 aliphatic heterocycles. The maximum atomic E-state index is 5.17. The monoisotopic (exact) mass is 191 g/mol. The Labute approximate surface area is 84.2 Å². The van der Waals surface area contributed by atoms with Gasteiger partial charge in [-0.1, -0.05) is 42.5 Å². The standard InChI is InChI=1S/C11H13NS/c13-11-8-4-7-10(12-11)9-5-2-1-3-6-9/h1-3,5-6,10H,4,7-8H2,(H,12,13). The molecule has 1 aliphatic rings. The summed E-state index contributed by atoms with van der Waals surface area (Å²) in [6.07, 6.45) is 3.47. The van der Waals surface area contributed by atoms with Gasteiger partial charge in [-0.25, -0.2) is 0 Å². The highest BCUT2D eigenvalue weighted by Gasteiger charge is 2.16. The predicted molar refractivity (Wildman–Crippen MR) is 58.8 cm³/mol. The van der Waals surface area contributed by atoms with Crippen molar-refractivity contribution in [3.05, 3.63) is 35.9 Å². The highest BCUT2D eigenvalue weighted by Crippen LogP contribution is 2.23. The van der Waals surface area contributed by atoms with Gasteiger partial charge in [0.15, 0.2) is 0 Å². The van der Waals surface area contributed by atoms with Crippen molar-refractivity contribution in [1.29, 1.82) is 0 Å². The highest BCUT2D eigenvalue weighted by atomic mass is 32.1. The zero-order valence-corrected chi connectivity index (χ0v) is 8.31. The number of rotatable bonds is 1. The number of nitrogens with one attached hydrogen (secondary N) is 1. The third kappa shape index (κ3) is 2.07. The minimum atomic E-state index is 0.447. The van der Waals surface area contributed by atoms with Crippen LogP contribution in [-0.2, 0) is 0 Å². The SMILES string of the molecule is S=C1CCCC(c2ccccc2)N1. The summed E-state index contributed by atoms with van der Waals surface area (Å²) in [4.78, 5) is 1.01. The summed E-state index contributed by atoms with van der Waals surface area (Å²) in [6.45, 7) is 0. The first-order valence-electron chi connectivity index (χ1n) is 4.70. The summed E-state index contributed by atoms with van der Waals surface area (Å²) < 4.78 is 0. The van der Waals surface area contributed by atoms with E-state index in [4.69, 9.17) is 12.2 Å². The van der Waals surface area contributed by atoms with Crippen LogP contribution in [0.3, 0.4) is 0 Å². The van der Waals surface area contributed by atoms with Crippen LogP contribution in [0.2, 0.25) is 0 Å². The van der Waals surface area contributed by atoms with Crippen LogP contribution < -0.4 is 5.32 Å². The van der Waals surface area contributed by atoms with Gasteiger partial charge in [-0.2, -0.15) is 0 Å². The van der Waals surface area contributed by atoms with E-state index in [1.54, 1.807) is 0 Å². The van der Waals surface area contributed by atoms with Gasteiger partial charge in [0.1, 0.15) is 0 Å². The molecule has 1 saturated heterocycles. The van der Waals surface area contributed by atoms with Gasteiger partial charge in [-0.15, -0.1) is 0 Å². The van der Waals surface area contributed by atoms with E-state index < -0.39 is 0 Å². The van der Waals surface area contributed by atoms with E-state index in [9.17, 15) is 0 Å². The molecule has 0 saturated carbocycles. The van der Waals surface area contributed by atoms with Gasteiger partial charge in [-0.3, -0.25) is 0 Å². The Bertz CT molecular complexity index is 294. The first kappa shape index (κ1) is 8.70. The molecule has 1 atom stereocenters. The van der Waals surface area contributed by atoms with Gasteiger partial charge in [0, 0.05) is 0 Å². The molecule has 1 heterocycles. The topological polar surface area (TPSA) is 12.0 Å². The third-order valence-electron chi connectivity index (χ3n) is 2.43. The second-order valence-corrected chi connectivity index (χ2v) is 3.92. The van der Waals surface area contributed by atoms with Crippen molar-refractivity contribution >= 4 is 17.2 Å². The normalized spacial score (nSPS) is 22.5. The van der Waals surface area contributed by atoms with Crippen LogP contribution in [0.15, 0.2) is 30.3 Å².